The molecular formula is C17H25NO3. The quantitative estimate of drug-likeness (QED) is 0.789. The first-order valence-corrected chi connectivity index (χ1v) is 7.40. The summed E-state index contributed by atoms with van der Waals surface area (Å²) in [5, 5.41) is 13.0. The van der Waals surface area contributed by atoms with E-state index in [2.05, 4.69) is 23.5 Å². The smallest absolute Gasteiger partial charge is 0.161 e. The highest BCUT2D eigenvalue weighted by Crippen LogP contribution is 2.41. The number of benzene rings is 1. The normalized spacial score (nSPS) is 24.9. The zero-order valence-electron chi connectivity index (χ0n) is 13.1. The number of aliphatic hydroxyl groups is 1. The van der Waals surface area contributed by atoms with E-state index < -0.39 is 0 Å². The Labute approximate surface area is 126 Å². The van der Waals surface area contributed by atoms with Gasteiger partial charge in [0, 0.05) is 5.41 Å². The number of ether oxygens (including phenoxy) is 2. The Morgan fingerprint density at radius 2 is 2.05 bits per heavy atom. The molecule has 0 aromatic heterocycles. The Morgan fingerprint density at radius 1 is 1.29 bits per heavy atom. The number of hydrogen-bond donors (Lipinski definition) is 2. The Morgan fingerprint density at radius 3 is 2.62 bits per heavy atom. The molecule has 1 aliphatic carbocycles. The summed E-state index contributed by atoms with van der Waals surface area (Å²) >= 11 is 0. The van der Waals surface area contributed by atoms with Crippen LogP contribution in [0.15, 0.2) is 30.4 Å². The second-order valence-corrected chi connectivity index (χ2v) is 5.54. The Bertz CT molecular complexity index is 501. The van der Waals surface area contributed by atoms with Crippen molar-refractivity contribution in [2.24, 2.45) is 0 Å². The number of hydrogen-bond acceptors (Lipinski definition) is 4. The third-order valence-corrected chi connectivity index (χ3v) is 4.30. The third-order valence-electron chi connectivity index (χ3n) is 4.30. The number of nitrogens with one attached hydrogen (secondary N) is 1. The van der Waals surface area contributed by atoms with Gasteiger partial charge in [0.25, 0.3) is 0 Å². The summed E-state index contributed by atoms with van der Waals surface area (Å²) in [6.45, 7) is 0.925. The summed E-state index contributed by atoms with van der Waals surface area (Å²) in [5.74, 6) is 1.49. The van der Waals surface area contributed by atoms with Crippen LogP contribution < -0.4 is 14.8 Å². The van der Waals surface area contributed by atoms with Crippen LogP contribution >= 0.6 is 0 Å². The molecule has 1 aromatic rings. The predicted octanol–water partition coefficient (Wildman–Crippen LogP) is 2.26. The second-order valence-electron chi connectivity index (χ2n) is 5.54. The molecule has 0 radical (unpaired) electrons. The van der Waals surface area contributed by atoms with Gasteiger partial charge in [-0.05, 0) is 50.6 Å². The number of aliphatic hydroxyl groups excluding tert-OH is 1. The van der Waals surface area contributed by atoms with E-state index in [1.807, 2.05) is 19.2 Å². The zero-order valence-corrected chi connectivity index (χ0v) is 13.1. The van der Waals surface area contributed by atoms with Gasteiger partial charge in [-0.15, -0.1) is 0 Å². The van der Waals surface area contributed by atoms with Gasteiger partial charge in [-0.25, -0.2) is 0 Å². The Hall–Kier alpha value is -1.52. The van der Waals surface area contributed by atoms with E-state index in [9.17, 15) is 5.11 Å². The summed E-state index contributed by atoms with van der Waals surface area (Å²) in [4.78, 5) is 0. The van der Waals surface area contributed by atoms with Gasteiger partial charge in [-0.3, -0.25) is 0 Å². The molecule has 4 nitrogen and oxygen atoms in total. The molecular weight excluding hydrogens is 266 g/mol. The maximum Gasteiger partial charge on any atom is 0.161 e. The summed E-state index contributed by atoms with van der Waals surface area (Å²) in [5.41, 5.74) is 1.15. The third kappa shape index (κ3) is 3.39. The molecule has 116 valence electrons. The van der Waals surface area contributed by atoms with Gasteiger partial charge in [0.05, 0.1) is 20.3 Å². The summed E-state index contributed by atoms with van der Waals surface area (Å²) in [7, 11) is 5.26. The average molecular weight is 291 g/mol. The fourth-order valence-electron chi connectivity index (χ4n) is 2.97. The fourth-order valence-corrected chi connectivity index (χ4v) is 2.97. The lowest BCUT2D eigenvalue weighted by Crippen LogP contribution is -2.32. The summed E-state index contributed by atoms with van der Waals surface area (Å²) < 4.78 is 10.7. The summed E-state index contributed by atoms with van der Waals surface area (Å²) in [6, 6.07) is 6.10. The average Bonchev–Trinajstić information content (AvgIpc) is 2.54. The first kappa shape index (κ1) is 15.9. The van der Waals surface area contributed by atoms with Crippen molar-refractivity contribution >= 4 is 0 Å². The molecule has 0 heterocycles. The lowest BCUT2D eigenvalue weighted by Gasteiger charge is -2.35. The van der Waals surface area contributed by atoms with Crippen LogP contribution in [-0.2, 0) is 5.41 Å². The highest BCUT2D eigenvalue weighted by molar-refractivity contribution is 5.47. The van der Waals surface area contributed by atoms with Crippen LogP contribution in [0.5, 0.6) is 11.5 Å². The molecule has 0 saturated carbocycles. The minimum atomic E-state index is -0.326. The molecule has 21 heavy (non-hydrogen) atoms. The highest BCUT2D eigenvalue weighted by Gasteiger charge is 2.32. The molecule has 0 spiro atoms. The van der Waals surface area contributed by atoms with E-state index in [1.165, 1.54) is 5.56 Å². The van der Waals surface area contributed by atoms with Gasteiger partial charge < -0.3 is 19.9 Å². The monoisotopic (exact) mass is 291 g/mol. The van der Waals surface area contributed by atoms with Crippen LogP contribution in [0, 0.1) is 0 Å². The number of allylic oxidation sites excluding steroid dienone is 1. The van der Waals surface area contributed by atoms with Crippen LogP contribution in [0.1, 0.15) is 24.8 Å². The molecule has 1 aliphatic rings. The van der Waals surface area contributed by atoms with Crippen LogP contribution in [0.4, 0.5) is 0 Å². The van der Waals surface area contributed by atoms with Crippen molar-refractivity contribution in [3.05, 3.63) is 35.9 Å². The van der Waals surface area contributed by atoms with E-state index in [1.54, 1.807) is 14.2 Å². The standard InChI is InChI=1S/C17H25NO3/c1-18-11-10-17(8-6-14(19)7-9-17)13-4-5-15(20-2)16(12-13)21-3/h4-6,8,12,14,18-19H,7,9-11H2,1-3H3. The van der Waals surface area contributed by atoms with Crippen LogP contribution in [-0.4, -0.2) is 39.0 Å². The van der Waals surface area contributed by atoms with E-state index in [0.29, 0.717) is 0 Å². The second kappa shape index (κ2) is 6.96. The predicted molar refractivity (Wildman–Crippen MR) is 84.1 cm³/mol. The molecule has 2 unspecified atom stereocenters. The lowest BCUT2D eigenvalue weighted by atomic mass is 9.70. The molecule has 2 rings (SSSR count). The van der Waals surface area contributed by atoms with Crippen LogP contribution in [0.3, 0.4) is 0 Å². The lowest BCUT2D eigenvalue weighted by molar-refractivity contribution is 0.186. The molecule has 0 aliphatic heterocycles. The topological polar surface area (TPSA) is 50.7 Å². The van der Waals surface area contributed by atoms with Crippen molar-refractivity contribution in [1.82, 2.24) is 5.32 Å². The van der Waals surface area contributed by atoms with Crippen molar-refractivity contribution < 1.29 is 14.6 Å². The molecule has 4 heteroatoms. The van der Waals surface area contributed by atoms with Crippen molar-refractivity contribution in [3.63, 3.8) is 0 Å². The van der Waals surface area contributed by atoms with Gasteiger partial charge >= 0.3 is 0 Å². The number of rotatable bonds is 6. The SMILES string of the molecule is CNCCC1(c2ccc(OC)c(OC)c2)C=CC(O)CC1. The van der Waals surface area contributed by atoms with Gasteiger partial charge in [-0.1, -0.05) is 18.2 Å². The van der Waals surface area contributed by atoms with Crippen molar-refractivity contribution in [2.45, 2.75) is 30.8 Å². The van der Waals surface area contributed by atoms with Crippen molar-refractivity contribution in [2.75, 3.05) is 27.8 Å². The maximum absolute atomic E-state index is 9.75. The Kier molecular flexibility index (Phi) is 5.26. The number of methoxy groups -OCH3 is 2. The van der Waals surface area contributed by atoms with Gasteiger partial charge in [0.15, 0.2) is 11.5 Å². The molecule has 1 aromatic carbocycles. The van der Waals surface area contributed by atoms with Gasteiger partial charge in [-0.2, -0.15) is 0 Å². The zero-order chi connectivity index (χ0) is 15.3. The molecule has 0 fully saturated rings. The van der Waals surface area contributed by atoms with E-state index in [4.69, 9.17) is 9.47 Å². The Balaban J connectivity index is 2.39. The van der Waals surface area contributed by atoms with Gasteiger partial charge in [0.1, 0.15) is 0 Å². The van der Waals surface area contributed by atoms with Crippen molar-refractivity contribution in [1.29, 1.82) is 0 Å². The molecule has 2 N–H and O–H groups in total. The maximum atomic E-state index is 9.75. The summed E-state index contributed by atoms with van der Waals surface area (Å²) in [6.07, 6.45) is 6.45. The molecule has 0 saturated heterocycles. The first-order chi connectivity index (χ1) is 10.1. The molecule has 0 bridgehead atoms. The van der Waals surface area contributed by atoms with Crippen LogP contribution in [0.2, 0.25) is 0 Å². The van der Waals surface area contributed by atoms with Crippen molar-refractivity contribution in [3.8, 4) is 11.5 Å². The molecule has 2 atom stereocenters. The van der Waals surface area contributed by atoms with E-state index in [-0.39, 0.29) is 11.5 Å². The minimum absolute atomic E-state index is 0.0538. The van der Waals surface area contributed by atoms with Gasteiger partial charge in [0.2, 0.25) is 0 Å². The van der Waals surface area contributed by atoms with Crippen LogP contribution in [0.25, 0.3) is 0 Å². The first-order valence-electron chi connectivity index (χ1n) is 7.40. The fraction of sp³-hybridized carbons (Fsp3) is 0.529. The highest BCUT2D eigenvalue weighted by atomic mass is 16.5. The molecule has 0 amide bonds. The van der Waals surface area contributed by atoms with E-state index >= 15 is 0 Å². The largest absolute Gasteiger partial charge is 0.493 e. The minimum Gasteiger partial charge on any atom is -0.493 e. The van der Waals surface area contributed by atoms with E-state index in [0.717, 1.165) is 37.3 Å².